The molecular weight excluding hydrogens is 1960 g/mol. The van der Waals surface area contributed by atoms with Crippen molar-refractivity contribution in [1.82, 2.24) is 21.3 Å². The largest absolute Gasteiger partial charge is 0.394 e. The van der Waals surface area contributed by atoms with Gasteiger partial charge < -0.3 is 294 Å². The molecule has 0 aromatic heterocycles. The van der Waals surface area contributed by atoms with E-state index in [2.05, 4.69) is 21.3 Å². The SMILES string of the molecule is CC(=O)N[C@H]1[C@H](OC[C@H]2O[C@@H](O[C@H]3[C@H](O)[C@@H](NC(C)=O)[C@H](OC[C@H]4O[C@@H](O[C@H]5[C@H](O)[C@@H](O)C(O)O[C@@H]5CO)[C@H](O)[C@@H](O[C@@H]5O[C@H](CO)[C@@H](O[C@@H]6O[C@@H](C)[C@@H](O)[C@@H](O)[C@@H]6O)[C@H](O[C@@H]6O[C@H](CO)[C@H](O)[C@H](O)[C@H]6O[C@@H]6O[C@@H](C)[C@@H](O)[C@@H](O)[C@@H]6O)[C@H]5NC(C)=O)[C@H]4O)O[C@@H]3CO)[C@H](O)[C@@H](OC3O[C@H](CO)[C@@H](O)[C@H](O[C@@H]4O[C@H](CO)[C@H](O)[C@H](O)[C@H]4O)[C@H]3NC(C)=O)[C@H]2O)O[C@H](CO)[C@@H](O[C@@H]2O[C@H](CO)[C@H](O)[C@H](O)[C@H]2O)[C@@H]1O. The lowest BCUT2D eigenvalue weighted by molar-refractivity contribution is -0.401. The third kappa shape index (κ3) is 25.8. The van der Waals surface area contributed by atoms with Gasteiger partial charge in [0.25, 0.3) is 0 Å². The van der Waals surface area contributed by atoms with Gasteiger partial charge in [-0.3, -0.25) is 19.2 Å². The zero-order chi connectivity index (χ0) is 105. The maximum Gasteiger partial charge on any atom is 0.217 e. The Morgan fingerprint density at radius 3 is 0.825 bits per heavy atom. The minimum absolute atomic E-state index is 0.876. The average Bonchev–Trinajstić information content (AvgIpc) is 0.775. The average molecular weight is 2100 g/mol. The summed E-state index contributed by atoms with van der Waals surface area (Å²) in [4.78, 5) is 53.6. The number of nitrogens with one attached hydrogen (secondary N) is 4. The fraction of sp³-hybridized carbons (Fsp3) is 0.950. The Kier molecular flexibility index (Phi) is 41.8. The first-order chi connectivity index (χ1) is 67.6. The number of amides is 4. The van der Waals surface area contributed by atoms with E-state index in [1.807, 2.05) is 0 Å². The lowest BCUT2D eigenvalue weighted by Gasteiger charge is -2.52. The Labute approximate surface area is 809 Å². The third-order valence-corrected chi connectivity index (χ3v) is 26.6. The number of hydrogen-bond donors (Lipinski definition) is 36. The first kappa shape index (κ1) is 117. The van der Waals surface area contributed by atoms with Gasteiger partial charge in [0.05, 0.1) is 78.3 Å². The van der Waals surface area contributed by atoms with Crippen molar-refractivity contribution in [2.75, 3.05) is 66.1 Å². The van der Waals surface area contributed by atoms with Crippen LogP contribution in [0.1, 0.15) is 41.5 Å². The van der Waals surface area contributed by atoms with Crippen LogP contribution in [0.2, 0.25) is 0 Å². The molecule has 0 aromatic rings. The van der Waals surface area contributed by atoms with Crippen LogP contribution in [0.15, 0.2) is 0 Å². The summed E-state index contributed by atoms with van der Waals surface area (Å²) in [5, 5.41) is 369. The molecule has 12 fully saturated rings. The van der Waals surface area contributed by atoms with Gasteiger partial charge in [-0.15, -0.1) is 0 Å². The maximum absolute atomic E-state index is 13.8. The fourth-order valence-corrected chi connectivity index (χ4v) is 18.7. The summed E-state index contributed by atoms with van der Waals surface area (Å²) in [5.74, 6) is -4.09. The van der Waals surface area contributed by atoms with Crippen molar-refractivity contribution in [3.05, 3.63) is 0 Å². The normalized spacial score (nSPS) is 50.7. The van der Waals surface area contributed by atoms with E-state index in [0.29, 0.717) is 0 Å². The molecule has 36 N–H and O–H groups in total. The highest BCUT2D eigenvalue weighted by Gasteiger charge is 2.64. The van der Waals surface area contributed by atoms with E-state index >= 15 is 0 Å². The zero-order valence-corrected chi connectivity index (χ0v) is 77.0. The summed E-state index contributed by atoms with van der Waals surface area (Å²) in [5.41, 5.74) is 0. The summed E-state index contributed by atoms with van der Waals surface area (Å²) in [6.45, 7) is -5.58. The van der Waals surface area contributed by atoms with Gasteiger partial charge in [-0.25, -0.2) is 0 Å². The highest BCUT2D eigenvalue weighted by Crippen LogP contribution is 2.43. The molecule has 63 nitrogen and oxygen atoms in total. The highest BCUT2D eigenvalue weighted by atomic mass is 16.8. The molecule has 0 aromatic carbocycles. The van der Waals surface area contributed by atoms with E-state index < -0.39 is 458 Å². The molecule has 12 saturated heterocycles. The van der Waals surface area contributed by atoms with Crippen LogP contribution in [-0.4, -0.2) is 621 Å². The van der Waals surface area contributed by atoms with Crippen LogP contribution in [0.3, 0.4) is 0 Å². The van der Waals surface area contributed by atoms with Crippen LogP contribution in [0, 0.1) is 0 Å². The molecule has 0 bridgehead atoms. The second-order valence-corrected chi connectivity index (χ2v) is 36.6. The quantitative estimate of drug-likeness (QED) is 0.0277. The minimum atomic E-state index is -2.59. The van der Waals surface area contributed by atoms with E-state index in [1.165, 1.54) is 13.8 Å². The van der Waals surface area contributed by atoms with Crippen LogP contribution >= 0.6 is 0 Å². The predicted octanol–water partition coefficient (Wildman–Crippen LogP) is -24.5. The zero-order valence-electron chi connectivity index (χ0n) is 77.0. The van der Waals surface area contributed by atoms with E-state index in [4.69, 9.17) is 109 Å². The summed E-state index contributed by atoms with van der Waals surface area (Å²) in [7, 11) is 0. The third-order valence-electron chi connectivity index (χ3n) is 26.6. The lowest BCUT2D eigenvalue weighted by Crippen LogP contribution is -2.71. The molecule has 0 saturated carbocycles. The van der Waals surface area contributed by atoms with E-state index in [1.54, 1.807) is 0 Å². The molecule has 12 aliphatic heterocycles. The van der Waals surface area contributed by atoms with Gasteiger partial charge >= 0.3 is 0 Å². The Hall–Kier alpha value is -4.32. The van der Waals surface area contributed by atoms with Crippen LogP contribution in [0.4, 0.5) is 0 Å². The molecular formula is C80H134N4O59. The fourth-order valence-electron chi connectivity index (χ4n) is 18.7. The van der Waals surface area contributed by atoms with Crippen LogP contribution in [-0.2, 0) is 128 Å². The van der Waals surface area contributed by atoms with Crippen molar-refractivity contribution < 1.29 is 292 Å². The van der Waals surface area contributed by atoms with Crippen molar-refractivity contribution in [3.63, 3.8) is 0 Å². The smallest absolute Gasteiger partial charge is 0.217 e. The van der Waals surface area contributed by atoms with Crippen molar-refractivity contribution in [3.8, 4) is 0 Å². The van der Waals surface area contributed by atoms with Gasteiger partial charge in [0.2, 0.25) is 23.6 Å². The van der Waals surface area contributed by atoms with Crippen molar-refractivity contribution in [1.29, 1.82) is 0 Å². The van der Waals surface area contributed by atoms with Gasteiger partial charge in [-0.2, -0.15) is 0 Å². The molecule has 828 valence electrons. The molecule has 60 atom stereocenters. The number of aliphatic hydroxyl groups excluding tert-OH is 32. The highest BCUT2D eigenvalue weighted by molar-refractivity contribution is 5.74. The monoisotopic (exact) mass is 2090 g/mol. The minimum Gasteiger partial charge on any atom is -0.394 e. The molecule has 0 spiro atoms. The first-order valence-electron chi connectivity index (χ1n) is 45.9. The van der Waals surface area contributed by atoms with Crippen LogP contribution < -0.4 is 21.3 Å². The Morgan fingerprint density at radius 2 is 0.441 bits per heavy atom. The van der Waals surface area contributed by atoms with E-state index in [9.17, 15) is 183 Å². The van der Waals surface area contributed by atoms with Gasteiger partial charge in [0, 0.05) is 27.7 Å². The molecule has 2 unspecified atom stereocenters. The Morgan fingerprint density at radius 1 is 0.196 bits per heavy atom. The number of hydrogen-bond acceptors (Lipinski definition) is 59. The molecule has 143 heavy (non-hydrogen) atoms. The molecule has 12 rings (SSSR count). The number of ether oxygens (including phenoxy) is 23. The number of carbonyl (C=O) groups excluding carboxylic acids is 4. The molecule has 63 heteroatoms. The Bertz CT molecular complexity index is 3960. The molecule has 12 heterocycles. The summed E-state index contributed by atoms with van der Waals surface area (Å²) in [6, 6.07) is -8.16. The van der Waals surface area contributed by atoms with Gasteiger partial charge in [0.1, 0.15) is 281 Å². The Balaban J connectivity index is 0.869. The summed E-state index contributed by atoms with van der Waals surface area (Å²) >= 11 is 0. The standard InChI is InChI=1S/C80H134N4O59/c1-17-37(97)47(107)54(114)74(123-17)138-63-30(14-92)132-73(36(84-22(6)96)65(63)140-80-68(51(111)41(101)25(9-87)129-80)143-75-55(115)48(108)38(98)18(2)124-75)142-67-44(104)32(134-79(59(67)119)137-62-27(11-89)125-69(120)53(113)52(62)112)16-122-71-34(82-20(4)94)46(106)61(29(13-91)131-71)136-78-58(118)66(141-72-35(83-21(5)95)64(42(102)26(10-88)126-72)139-77-57(117)50(110)40(100)24(8-86)128-77)43(103)31(133-78)15-121-70-33(81-19(3)93)45(105)60(28(12-90)130-70)135-76-56(116)49(109)39(99)23(7-85)127-76/h17-18,23-80,85-92,97-120H,7-16H2,1-6H3,(H,81,93)(H,82,94)(H,83,95)(H,84,96)/t17-,18-,23+,24+,25+,26+,27+,28+,29+,30+,31+,32+,33+,34+,35+,36+,37+,38+,39-,40-,41-,42+,43-,44-,45+,46+,47+,48+,49-,50-,51-,52+,53+,54-,55-,56+,57+,58+,59+,60+,61+,62+,63+,64+,65+,66-,67-,68+,69?,70+,71+,72?,73-,74-,75-,76-,77-,78-,79-,80-/m0/s1. The van der Waals surface area contributed by atoms with Crippen molar-refractivity contribution >= 4 is 23.6 Å². The second kappa shape index (κ2) is 51.0. The molecule has 4 amide bonds. The van der Waals surface area contributed by atoms with Gasteiger partial charge in [-0.1, -0.05) is 0 Å². The molecule has 12 aliphatic rings. The van der Waals surface area contributed by atoms with Gasteiger partial charge in [0.15, 0.2) is 75.5 Å². The van der Waals surface area contributed by atoms with Crippen molar-refractivity contribution in [2.24, 2.45) is 0 Å². The van der Waals surface area contributed by atoms with E-state index in [0.717, 1.165) is 27.7 Å². The lowest BCUT2D eigenvalue weighted by atomic mass is 9.93. The van der Waals surface area contributed by atoms with E-state index in [-0.39, 0.29) is 0 Å². The second-order valence-electron chi connectivity index (χ2n) is 36.6. The number of aliphatic hydroxyl groups is 32. The van der Waals surface area contributed by atoms with Crippen LogP contribution in [0.25, 0.3) is 0 Å². The first-order valence-corrected chi connectivity index (χ1v) is 45.9. The molecule has 0 aliphatic carbocycles. The topological polar surface area (TPSA) is 976 Å². The summed E-state index contributed by atoms with van der Waals surface area (Å²) in [6.07, 6.45) is -119. The number of rotatable bonds is 36. The number of carbonyl (C=O) groups is 4. The van der Waals surface area contributed by atoms with Crippen molar-refractivity contribution in [2.45, 2.75) is 410 Å². The predicted molar refractivity (Wildman–Crippen MR) is 439 cm³/mol. The molecule has 0 radical (unpaired) electrons. The van der Waals surface area contributed by atoms with Gasteiger partial charge in [-0.05, 0) is 13.8 Å². The van der Waals surface area contributed by atoms with Crippen LogP contribution in [0.5, 0.6) is 0 Å². The summed E-state index contributed by atoms with van der Waals surface area (Å²) < 4.78 is 138. The maximum atomic E-state index is 13.8.